The number of rotatable bonds is 9. The van der Waals surface area contributed by atoms with E-state index in [0.717, 1.165) is 11.1 Å². The zero-order valence-corrected chi connectivity index (χ0v) is 21.1. The van der Waals surface area contributed by atoms with Crippen LogP contribution in [0.2, 0.25) is 0 Å². The Morgan fingerprint density at radius 2 is 2.08 bits per heavy atom. The molecule has 0 fully saturated rings. The topological polar surface area (TPSA) is 135 Å². The number of fused-ring (bicyclic) bond motifs is 2. The molecule has 1 aliphatic rings. The van der Waals surface area contributed by atoms with Gasteiger partial charge in [0.15, 0.2) is 28.1 Å². The molecule has 1 aromatic carbocycles. The number of methoxy groups -OCH3 is 1. The minimum absolute atomic E-state index is 0.161. The average molecular weight is 512 g/mol. The zero-order chi connectivity index (χ0) is 25.2. The van der Waals surface area contributed by atoms with Crippen LogP contribution in [0.1, 0.15) is 34.8 Å². The molecule has 0 saturated carbocycles. The average Bonchev–Trinajstić information content (AvgIpc) is 3.60. The van der Waals surface area contributed by atoms with E-state index in [0.29, 0.717) is 70.1 Å². The minimum Gasteiger partial charge on any atom is -0.493 e. The molecule has 4 aromatic rings. The summed E-state index contributed by atoms with van der Waals surface area (Å²) in [6, 6.07) is 3.80. The Balaban J connectivity index is 1.44. The van der Waals surface area contributed by atoms with Gasteiger partial charge in [-0.05, 0) is 38.5 Å². The third kappa shape index (κ3) is 4.44. The van der Waals surface area contributed by atoms with Gasteiger partial charge in [0.05, 0.1) is 25.7 Å². The lowest BCUT2D eigenvalue weighted by Crippen LogP contribution is -2.07. The fourth-order valence-corrected chi connectivity index (χ4v) is 4.66. The number of nitrogens with zero attached hydrogens (tertiary/aromatic N) is 5. The molecule has 4 heterocycles. The lowest BCUT2D eigenvalue weighted by molar-refractivity contribution is 0.0531. The first kappa shape index (κ1) is 23.6. The van der Waals surface area contributed by atoms with Crippen molar-refractivity contribution in [3.8, 4) is 17.2 Å². The molecule has 188 valence electrons. The molecule has 0 aliphatic carbocycles. The number of imidazole rings is 1. The minimum atomic E-state index is -0.403. The van der Waals surface area contributed by atoms with Gasteiger partial charge in [0.1, 0.15) is 10.4 Å². The van der Waals surface area contributed by atoms with Crippen molar-refractivity contribution >= 4 is 45.4 Å². The smallest absolute Gasteiger partial charge is 0.350 e. The lowest BCUT2D eigenvalue weighted by atomic mass is 10.2. The Bertz CT molecular complexity index is 1430. The monoisotopic (exact) mass is 511 g/mol. The number of hydrogen-bond donors (Lipinski definition) is 2. The Labute approximate surface area is 210 Å². The number of nitrogens with one attached hydrogen (secondary N) is 2. The summed E-state index contributed by atoms with van der Waals surface area (Å²) >= 11 is 1.19. The quantitative estimate of drug-likeness (QED) is 0.317. The van der Waals surface area contributed by atoms with Gasteiger partial charge in [0.2, 0.25) is 18.5 Å². The molecule has 13 heteroatoms. The first-order valence-corrected chi connectivity index (χ1v) is 12.2. The van der Waals surface area contributed by atoms with E-state index in [1.807, 2.05) is 23.6 Å². The van der Waals surface area contributed by atoms with Crippen LogP contribution in [0, 0.1) is 6.92 Å². The number of carbonyl (C=O) groups is 1. The van der Waals surface area contributed by atoms with Crippen LogP contribution >= 0.6 is 11.3 Å². The molecule has 1 aliphatic heterocycles. The SMILES string of the molecule is CCOC(=O)c1sc(Nc2nc(NCc3cc(OC)c4c(c3)OCO4)c3c(ncn3CC)n2)nc1C. The molecule has 0 amide bonds. The van der Waals surface area contributed by atoms with Gasteiger partial charge in [-0.2, -0.15) is 9.97 Å². The molecule has 0 saturated heterocycles. The fourth-order valence-electron chi connectivity index (χ4n) is 3.80. The third-order valence-electron chi connectivity index (χ3n) is 5.47. The van der Waals surface area contributed by atoms with Gasteiger partial charge in [-0.15, -0.1) is 0 Å². The van der Waals surface area contributed by atoms with Gasteiger partial charge in [-0.3, -0.25) is 5.32 Å². The second-order valence-electron chi connectivity index (χ2n) is 7.76. The first-order chi connectivity index (χ1) is 17.5. The molecule has 2 N–H and O–H groups in total. The summed E-state index contributed by atoms with van der Waals surface area (Å²) in [5.74, 6) is 2.34. The van der Waals surface area contributed by atoms with Gasteiger partial charge in [-0.1, -0.05) is 11.3 Å². The number of esters is 1. The number of aromatic nitrogens is 5. The van der Waals surface area contributed by atoms with Crippen molar-refractivity contribution in [2.24, 2.45) is 0 Å². The summed E-state index contributed by atoms with van der Waals surface area (Å²) < 4.78 is 23.5. The molecule has 5 rings (SSSR count). The molecule has 0 radical (unpaired) electrons. The van der Waals surface area contributed by atoms with E-state index in [9.17, 15) is 4.79 Å². The van der Waals surface area contributed by atoms with E-state index >= 15 is 0 Å². The number of ether oxygens (including phenoxy) is 4. The highest BCUT2D eigenvalue weighted by Gasteiger charge is 2.21. The number of aryl methyl sites for hydroxylation is 2. The van der Waals surface area contributed by atoms with Crippen LogP contribution in [-0.4, -0.2) is 51.0 Å². The number of anilines is 3. The maximum Gasteiger partial charge on any atom is 0.350 e. The van der Waals surface area contributed by atoms with E-state index in [-0.39, 0.29) is 6.79 Å². The van der Waals surface area contributed by atoms with Crippen LogP contribution in [0.5, 0.6) is 17.2 Å². The first-order valence-electron chi connectivity index (χ1n) is 11.4. The van der Waals surface area contributed by atoms with E-state index in [1.165, 1.54) is 11.3 Å². The summed E-state index contributed by atoms with van der Waals surface area (Å²) in [5.41, 5.74) is 2.80. The summed E-state index contributed by atoms with van der Waals surface area (Å²) in [4.78, 5) is 30.7. The molecule has 0 unspecified atom stereocenters. The van der Waals surface area contributed by atoms with Gasteiger partial charge >= 0.3 is 5.97 Å². The summed E-state index contributed by atoms with van der Waals surface area (Å²) in [6.07, 6.45) is 1.73. The number of benzene rings is 1. The molecule has 0 bridgehead atoms. The molecular weight excluding hydrogens is 486 g/mol. The van der Waals surface area contributed by atoms with Crippen molar-refractivity contribution in [2.75, 3.05) is 31.1 Å². The third-order valence-corrected chi connectivity index (χ3v) is 6.52. The van der Waals surface area contributed by atoms with Crippen molar-refractivity contribution < 1.29 is 23.7 Å². The Morgan fingerprint density at radius 1 is 1.22 bits per heavy atom. The van der Waals surface area contributed by atoms with E-state index in [1.54, 1.807) is 27.3 Å². The fraction of sp³-hybridized carbons (Fsp3) is 0.348. The van der Waals surface area contributed by atoms with Gasteiger partial charge in [0, 0.05) is 13.1 Å². The van der Waals surface area contributed by atoms with E-state index in [4.69, 9.17) is 23.9 Å². The Hall–Kier alpha value is -4.13. The summed E-state index contributed by atoms with van der Waals surface area (Å²) in [5, 5.41) is 6.98. The Morgan fingerprint density at radius 3 is 2.86 bits per heavy atom. The molecule has 0 atom stereocenters. The van der Waals surface area contributed by atoms with Gasteiger partial charge < -0.3 is 28.8 Å². The second kappa shape index (κ2) is 9.85. The predicted octanol–water partition coefficient (Wildman–Crippen LogP) is 3.88. The maximum atomic E-state index is 12.2. The van der Waals surface area contributed by atoms with Gasteiger partial charge in [0.25, 0.3) is 0 Å². The van der Waals surface area contributed by atoms with E-state index < -0.39 is 5.97 Å². The standard InChI is InChI=1S/C23H25N7O5S/c1-5-30-10-25-20-16(30)19(24-9-13-7-14(32-4)17-15(8-13)34-11-35-17)27-22(28-20)29-23-26-12(3)18(36-23)21(31)33-6-2/h7-8,10H,5-6,9,11H2,1-4H3,(H2,24,26,27,28,29). The largest absolute Gasteiger partial charge is 0.493 e. The van der Waals surface area contributed by atoms with Crippen LogP contribution in [0.15, 0.2) is 18.5 Å². The molecule has 12 nitrogen and oxygen atoms in total. The maximum absolute atomic E-state index is 12.2. The van der Waals surface area contributed by atoms with Crippen LogP contribution in [-0.2, 0) is 17.8 Å². The number of thiazole rings is 1. The van der Waals surface area contributed by atoms with Crippen LogP contribution < -0.4 is 24.8 Å². The van der Waals surface area contributed by atoms with Gasteiger partial charge in [-0.25, -0.2) is 14.8 Å². The normalized spacial score (nSPS) is 12.1. The van der Waals surface area contributed by atoms with Crippen molar-refractivity contribution in [2.45, 2.75) is 33.9 Å². The highest BCUT2D eigenvalue weighted by molar-refractivity contribution is 7.17. The van der Waals surface area contributed by atoms with Crippen LogP contribution in [0.3, 0.4) is 0 Å². The van der Waals surface area contributed by atoms with Crippen molar-refractivity contribution in [1.82, 2.24) is 24.5 Å². The summed E-state index contributed by atoms with van der Waals surface area (Å²) in [7, 11) is 1.59. The zero-order valence-electron chi connectivity index (χ0n) is 20.2. The van der Waals surface area contributed by atoms with E-state index in [2.05, 4.69) is 25.6 Å². The van der Waals surface area contributed by atoms with Crippen LogP contribution in [0.4, 0.5) is 16.9 Å². The lowest BCUT2D eigenvalue weighted by Gasteiger charge is -2.12. The highest BCUT2D eigenvalue weighted by Crippen LogP contribution is 2.42. The predicted molar refractivity (Wildman–Crippen MR) is 134 cm³/mol. The number of carbonyl (C=O) groups excluding carboxylic acids is 1. The second-order valence-corrected chi connectivity index (χ2v) is 8.76. The van der Waals surface area contributed by atoms with Crippen molar-refractivity contribution in [3.63, 3.8) is 0 Å². The van der Waals surface area contributed by atoms with Crippen molar-refractivity contribution in [1.29, 1.82) is 0 Å². The molecule has 36 heavy (non-hydrogen) atoms. The Kier molecular flexibility index (Phi) is 6.46. The van der Waals surface area contributed by atoms with Crippen molar-refractivity contribution in [3.05, 3.63) is 34.6 Å². The summed E-state index contributed by atoms with van der Waals surface area (Å²) in [6.45, 7) is 7.14. The molecule has 3 aromatic heterocycles. The number of hydrogen-bond acceptors (Lipinski definition) is 12. The molecule has 0 spiro atoms. The molecular formula is C23H25N7O5S. The van der Waals surface area contributed by atoms with Crippen LogP contribution in [0.25, 0.3) is 11.2 Å². The highest BCUT2D eigenvalue weighted by atomic mass is 32.1.